The number of halogens is 2. The van der Waals surface area contributed by atoms with Crippen LogP contribution in [0.4, 0.5) is 4.39 Å². The molecule has 0 aliphatic heterocycles. The molecule has 3 aromatic rings. The van der Waals surface area contributed by atoms with Gasteiger partial charge in [0.15, 0.2) is 0 Å². The second-order valence-corrected chi connectivity index (χ2v) is 6.49. The van der Waals surface area contributed by atoms with Crippen LogP contribution in [0.5, 0.6) is 0 Å². The van der Waals surface area contributed by atoms with Crippen molar-refractivity contribution in [3.8, 4) is 0 Å². The SMILES string of the molecule is CC(C)n1ncc(Cl)c1C(=O)c1cc2ccc(F)cc2s1. The van der Waals surface area contributed by atoms with Crippen molar-refractivity contribution in [2.45, 2.75) is 19.9 Å². The third-order valence-electron chi connectivity index (χ3n) is 3.16. The van der Waals surface area contributed by atoms with Crippen molar-refractivity contribution in [1.82, 2.24) is 9.78 Å². The first-order valence-electron chi connectivity index (χ1n) is 6.44. The lowest BCUT2D eigenvalue weighted by Gasteiger charge is -2.09. The predicted molar refractivity (Wildman–Crippen MR) is 82.8 cm³/mol. The molecule has 3 rings (SSSR count). The summed E-state index contributed by atoms with van der Waals surface area (Å²) in [6.07, 6.45) is 1.47. The summed E-state index contributed by atoms with van der Waals surface area (Å²) in [7, 11) is 0. The van der Waals surface area contributed by atoms with Crippen LogP contribution in [0.1, 0.15) is 35.3 Å². The van der Waals surface area contributed by atoms with E-state index in [9.17, 15) is 9.18 Å². The maximum Gasteiger partial charge on any atom is 0.222 e. The molecule has 0 bridgehead atoms. The third-order valence-corrected chi connectivity index (χ3v) is 4.53. The van der Waals surface area contributed by atoms with Crippen LogP contribution in [0, 0.1) is 5.82 Å². The molecule has 0 unspecified atom stereocenters. The molecular weight excluding hydrogens is 311 g/mol. The molecule has 108 valence electrons. The van der Waals surface area contributed by atoms with E-state index in [1.807, 2.05) is 13.8 Å². The Bertz CT molecular complexity index is 837. The zero-order chi connectivity index (χ0) is 15.1. The Morgan fingerprint density at radius 2 is 2.14 bits per heavy atom. The zero-order valence-corrected chi connectivity index (χ0v) is 13.0. The highest BCUT2D eigenvalue weighted by atomic mass is 35.5. The van der Waals surface area contributed by atoms with Crippen molar-refractivity contribution < 1.29 is 9.18 Å². The number of aromatic nitrogens is 2. The summed E-state index contributed by atoms with van der Waals surface area (Å²) in [6, 6.07) is 6.27. The summed E-state index contributed by atoms with van der Waals surface area (Å²) in [5, 5.41) is 5.31. The molecular formula is C15H12ClFN2OS. The number of benzene rings is 1. The molecule has 0 aliphatic rings. The molecule has 6 heteroatoms. The van der Waals surface area contributed by atoms with E-state index in [4.69, 9.17) is 11.6 Å². The van der Waals surface area contributed by atoms with Gasteiger partial charge in [-0.25, -0.2) is 4.39 Å². The smallest absolute Gasteiger partial charge is 0.222 e. The van der Waals surface area contributed by atoms with Crippen LogP contribution in [0.15, 0.2) is 30.5 Å². The minimum atomic E-state index is -0.311. The first kappa shape index (κ1) is 14.2. The van der Waals surface area contributed by atoms with Gasteiger partial charge in [0.1, 0.15) is 11.5 Å². The van der Waals surface area contributed by atoms with Crippen LogP contribution < -0.4 is 0 Å². The van der Waals surface area contributed by atoms with Crippen molar-refractivity contribution in [1.29, 1.82) is 0 Å². The Balaban J connectivity index is 2.10. The topological polar surface area (TPSA) is 34.9 Å². The number of ketones is 1. The molecule has 0 aliphatic carbocycles. The summed E-state index contributed by atoms with van der Waals surface area (Å²) >= 11 is 7.36. The molecule has 0 spiro atoms. The van der Waals surface area contributed by atoms with Gasteiger partial charge >= 0.3 is 0 Å². The van der Waals surface area contributed by atoms with E-state index in [-0.39, 0.29) is 17.6 Å². The average Bonchev–Trinajstić information content (AvgIpc) is 3.00. The highest BCUT2D eigenvalue weighted by Gasteiger charge is 2.22. The van der Waals surface area contributed by atoms with Crippen LogP contribution in [0.3, 0.4) is 0 Å². The molecule has 21 heavy (non-hydrogen) atoms. The van der Waals surface area contributed by atoms with Gasteiger partial charge in [-0.2, -0.15) is 5.10 Å². The molecule has 2 aromatic heterocycles. The van der Waals surface area contributed by atoms with Crippen LogP contribution >= 0.6 is 22.9 Å². The van der Waals surface area contributed by atoms with Crippen LogP contribution in [0.25, 0.3) is 10.1 Å². The quantitative estimate of drug-likeness (QED) is 0.655. The van der Waals surface area contributed by atoms with Gasteiger partial charge in [0.05, 0.1) is 16.1 Å². The Kier molecular flexibility index (Phi) is 3.55. The van der Waals surface area contributed by atoms with Crippen molar-refractivity contribution in [3.05, 3.63) is 51.9 Å². The lowest BCUT2D eigenvalue weighted by atomic mass is 10.2. The maximum atomic E-state index is 13.2. The fourth-order valence-electron chi connectivity index (χ4n) is 2.18. The lowest BCUT2D eigenvalue weighted by Crippen LogP contribution is -2.13. The standard InChI is InChI=1S/C15H12ClFN2OS/c1-8(2)19-14(11(16)7-18-19)15(20)13-5-9-3-4-10(17)6-12(9)21-13/h3-8H,1-2H3. The largest absolute Gasteiger partial charge is 0.286 e. The fraction of sp³-hybridized carbons (Fsp3) is 0.200. The number of fused-ring (bicyclic) bond motifs is 1. The van der Waals surface area contributed by atoms with E-state index in [2.05, 4.69) is 5.10 Å². The minimum Gasteiger partial charge on any atom is -0.286 e. The van der Waals surface area contributed by atoms with E-state index in [0.29, 0.717) is 15.6 Å². The molecule has 0 atom stereocenters. The first-order chi connectivity index (χ1) is 9.97. The molecule has 0 saturated heterocycles. The third kappa shape index (κ3) is 2.47. The van der Waals surface area contributed by atoms with Gasteiger partial charge in [0.25, 0.3) is 0 Å². The normalized spacial score (nSPS) is 11.5. The monoisotopic (exact) mass is 322 g/mol. The summed E-state index contributed by atoms with van der Waals surface area (Å²) < 4.78 is 15.6. The Hall–Kier alpha value is -1.72. The number of carbonyl (C=O) groups excluding carboxylic acids is 1. The number of nitrogens with zero attached hydrogens (tertiary/aromatic N) is 2. The minimum absolute atomic E-state index is 0.0308. The van der Waals surface area contributed by atoms with Gasteiger partial charge in [0, 0.05) is 10.7 Å². The number of hydrogen-bond donors (Lipinski definition) is 0. The maximum absolute atomic E-state index is 13.2. The second kappa shape index (κ2) is 5.24. The Labute approximate surface area is 130 Å². The number of hydrogen-bond acceptors (Lipinski definition) is 3. The Morgan fingerprint density at radius 1 is 1.38 bits per heavy atom. The van der Waals surface area contributed by atoms with Gasteiger partial charge in [-0.1, -0.05) is 17.7 Å². The van der Waals surface area contributed by atoms with E-state index in [1.54, 1.807) is 16.8 Å². The second-order valence-electron chi connectivity index (χ2n) is 5.00. The molecule has 1 aromatic carbocycles. The molecule has 3 nitrogen and oxygen atoms in total. The summed E-state index contributed by atoms with van der Waals surface area (Å²) in [4.78, 5) is 13.2. The average molecular weight is 323 g/mol. The number of thiophene rings is 1. The van der Waals surface area contributed by atoms with Crippen molar-refractivity contribution >= 4 is 38.8 Å². The summed E-state index contributed by atoms with van der Waals surface area (Å²) in [6.45, 7) is 3.86. The van der Waals surface area contributed by atoms with E-state index < -0.39 is 0 Å². The summed E-state index contributed by atoms with van der Waals surface area (Å²) in [5.74, 6) is -0.499. The molecule has 0 N–H and O–H groups in total. The van der Waals surface area contributed by atoms with Crippen LogP contribution in [-0.2, 0) is 0 Å². The van der Waals surface area contributed by atoms with Crippen LogP contribution in [0.2, 0.25) is 5.02 Å². The Morgan fingerprint density at radius 3 is 2.86 bits per heavy atom. The van der Waals surface area contributed by atoms with Gasteiger partial charge < -0.3 is 0 Å². The van der Waals surface area contributed by atoms with E-state index in [0.717, 1.165) is 10.1 Å². The fourth-order valence-corrected chi connectivity index (χ4v) is 3.42. The highest BCUT2D eigenvalue weighted by Crippen LogP contribution is 2.30. The van der Waals surface area contributed by atoms with Gasteiger partial charge in [-0.3, -0.25) is 9.48 Å². The van der Waals surface area contributed by atoms with E-state index >= 15 is 0 Å². The van der Waals surface area contributed by atoms with Gasteiger partial charge in [-0.05, 0) is 37.4 Å². The number of carbonyl (C=O) groups is 1. The first-order valence-corrected chi connectivity index (χ1v) is 7.63. The molecule has 0 saturated carbocycles. The zero-order valence-electron chi connectivity index (χ0n) is 11.4. The van der Waals surface area contributed by atoms with Gasteiger partial charge in [-0.15, -0.1) is 11.3 Å². The number of rotatable bonds is 3. The molecule has 0 amide bonds. The van der Waals surface area contributed by atoms with Gasteiger partial charge in [0.2, 0.25) is 5.78 Å². The van der Waals surface area contributed by atoms with Crippen LogP contribution in [-0.4, -0.2) is 15.6 Å². The molecule has 0 fully saturated rings. The van der Waals surface area contributed by atoms with E-state index in [1.165, 1.54) is 29.7 Å². The molecule has 2 heterocycles. The highest BCUT2D eigenvalue weighted by molar-refractivity contribution is 7.21. The van der Waals surface area contributed by atoms with Crippen molar-refractivity contribution in [2.24, 2.45) is 0 Å². The van der Waals surface area contributed by atoms with Crippen molar-refractivity contribution in [3.63, 3.8) is 0 Å². The summed E-state index contributed by atoms with van der Waals surface area (Å²) in [5.41, 5.74) is 0.374. The molecule has 0 radical (unpaired) electrons. The predicted octanol–water partition coefficient (Wildman–Crippen LogP) is 4.70. The lowest BCUT2D eigenvalue weighted by molar-refractivity contribution is 0.103. The van der Waals surface area contributed by atoms with Crippen molar-refractivity contribution in [2.75, 3.05) is 0 Å².